The zero-order chi connectivity index (χ0) is 4.99. The van der Waals surface area contributed by atoms with Gasteiger partial charge < -0.3 is 4.74 Å². The van der Waals surface area contributed by atoms with Crippen molar-refractivity contribution in [1.29, 1.82) is 0 Å². The van der Waals surface area contributed by atoms with Crippen molar-refractivity contribution in [2.75, 3.05) is 6.61 Å². The zero-order valence-electron chi connectivity index (χ0n) is 3.80. The first kappa shape index (κ1) is 10.7. The van der Waals surface area contributed by atoms with Crippen LogP contribution in [0.2, 0.25) is 0 Å². The van der Waals surface area contributed by atoms with Crippen LogP contribution in [-0.2, 0) is 21.5 Å². The van der Waals surface area contributed by atoms with Gasteiger partial charge in [-0.3, -0.25) is 0 Å². The second-order valence-corrected chi connectivity index (χ2v) is 1.78. The van der Waals surface area contributed by atoms with Crippen molar-refractivity contribution >= 4 is 29.2 Å². The molecule has 0 aliphatic rings. The Balaban J connectivity index is 0. The molecule has 0 heterocycles. The Morgan fingerprint density at radius 3 is 2.29 bits per heavy atom. The summed E-state index contributed by atoms with van der Waals surface area (Å²) in [6.45, 7) is 2.48. The van der Waals surface area contributed by atoms with Gasteiger partial charge in [-0.2, -0.15) is 0 Å². The number of ether oxygens (including phenoxy) is 1. The van der Waals surface area contributed by atoms with Gasteiger partial charge in [0.25, 0.3) is 0 Å². The van der Waals surface area contributed by atoms with Crippen molar-refractivity contribution in [1.82, 2.24) is 0 Å². The van der Waals surface area contributed by atoms with Crippen molar-refractivity contribution in [2.24, 2.45) is 0 Å². The predicted octanol–water partition coefficient (Wildman–Crippen LogP) is 1.24. The molecule has 4 heteroatoms. The van der Waals surface area contributed by atoms with Crippen molar-refractivity contribution in [2.45, 2.75) is 6.92 Å². The molecule has 45 valence electrons. The van der Waals surface area contributed by atoms with Gasteiger partial charge in [0.15, 0.2) is 0 Å². The minimum atomic E-state index is 0. The fraction of sp³-hybridized carbons (Fsp3) is 0.667. The molecule has 0 bridgehead atoms. The van der Waals surface area contributed by atoms with Crippen LogP contribution in [0.1, 0.15) is 6.92 Å². The number of hydrogen-bond acceptors (Lipinski definition) is 2. The Kier molecular flexibility index (Phi) is 10.3. The maximum absolute atomic E-state index is 4.64. The first-order valence-corrected chi connectivity index (χ1v) is 2.48. The van der Waals surface area contributed by atoms with E-state index in [0.29, 0.717) is 11.0 Å². The van der Waals surface area contributed by atoms with Gasteiger partial charge in [-0.1, -0.05) is 12.6 Å². The van der Waals surface area contributed by atoms with E-state index in [9.17, 15) is 0 Å². The van der Waals surface area contributed by atoms with E-state index >= 15 is 0 Å². The van der Waals surface area contributed by atoms with Crippen LogP contribution in [0.3, 0.4) is 0 Å². The minimum absolute atomic E-state index is 0. The average molecular weight is 181 g/mol. The summed E-state index contributed by atoms with van der Waals surface area (Å²) in [4.78, 5) is 0. The number of thiocarbonyl (C=S) groups is 1. The van der Waals surface area contributed by atoms with Crippen LogP contribution in [0.25, 0.3) is 0 Å². The van der Waals surface area contributed by atoms with Gasteiger partial charge in [-0.15, -0.1) is 0 Å². The van der Waals surface area contributed by atoms with Crippen molar-refractivity contribution < 1.29 is 21.5 Å². The van der Waals surface area contributed by atoms with Crippen LogP contribution >= 0.6 is 24.8 Å². The first-order chi connectivity index (χ1) is 2.77. The molecule has 0 atom stereocenters. The predicted molar refractivity (Wildman–Crippen MR) is 33.2 cm³/mol. The molecule has 0 rings (SSSR count). The molecular weight excluding hydrogens is 175 g/mol. The smallest absolute Gasteiger partial charge is 0.216 e. The molecule has 0 saturated carbocycles. The molecule has 0 amide bonds. The second kappa shape index (κ2) is 6.75. The van der Waals surface area contributed by atoms with E-state index in [2.05, 4.69) is 29.6 Å². The molecule has 0 N–H and O–H groups in total. The largest absolute Gasteiger partial charge is 0.479 e. The number of hydrogen-bond donors (Lipinski definition) is 1. The maximum Gasteiger partial charge on any atom is 0.216 e. The van der Waals surface area contributed by atoms with Crippen LogP contribution in [0, 0.1) is 0 Å². The summed E-state index contributed by atoms with van der Waals surface area (Å²) >= 11 is 8.12. The second-order valence-electron chi connectivity index (χ2n) is 0.699. The van der Waals surface area contributed by atoms with Crippen molar-refractivity contribution in [3.05, 3.63) is 0 Å². The van der Waals surface area contributed by atoms with E-state index in [0.717, 1.165) is 0 Å². The summed E-state index contributed by atoms with van der Waals surface area (Å²) in [7, 11) is 0. The zero-order valence-corrected chi connectivity index (χ0v) is 6.56. The van der Waals surface area contributed by atoms with Gasteiger partial charge in [0, 0.05) is 16.8 Å². The first-order valence-electron chi connectivity index (χ1n) is 1.63. The third kappa shape index (κ3) is 10.8. The molecule has 0 aromatic rings. The molecule has 0 unspecified atom stereocenters. The number of thiol groups is 1. The molecule has 0 aromatic heterocycles. The van der Waals surface area contributed by atoms with E-state index in [-0.39, 0.29) is 16.8 Å². The molecule has 1 nitrogen and oxygen atoms in total. The monoisotopic (exact) mass is 181 g/mol. The molecule has 1 radical (unpaired) electrons. The van der Waals surface area contributed by atoms with Gasteiger partial charge in [0.1, 0.15) is 0 Å². The van der Waals surface area contributed by atoms with E-state index in [4.69, 9.17) is 0 Å². The van der Waals surface area contributed by atoms with Crippen LogP contribution in [-0.4, -0.2) is 11.0 Å². The average Bonchev–Trinajstić information content (AvgIpc) is 1.35. The Morgan fingerprint density at radius 1 is 1.86 bits per heavy atom. The third-order valence-corrected chi connectivity index (χ3v) is 0.515. The van der Waals surface area contributed by atoms with E-state index < -0.39 is 0 Å². The Labute approximate surface area is 64.4 Å². The minimum Gasteiger partial charge on any atom is -0.479 e. The SMILES string of the molecule is CCOC(=S)S.[Co]. The third-order valence-electron chi connectivity index (χ3n) is 0.268. The summed E-state index contributed by atoms with van der Waals surface area (Å²) in [5, 5.41) is 0. The standard InChI is InChI=1S/C3H6OS2.Co/c1-2-4-3(5)6;/h2H2,1H3,(H,5,6);. The molecule has 0 fully saturated rings. The van der Waals surface area contributed by atoms with Crippen LogP contribution < -0.4 is 0 Å². The fourth-order valence-corrected chi connectivity index (χ4v) is 0.370. The van der Waals surface area contributed by atoms with Gasteiger partial charge in [-0.25, -0.2) is 0 Å². The van der Waals surface area contributed by atoms with Crippen LogP contribution in [0.4, 0.5) is 0 Å². The molecule has 0 aliphatic heterocycles. The normalized spacial score (nSPS) is 6.57. The summed E-state index contributed by atoms with van der Waals surface area (Å²) in [6, 6.07) is 0. The van der Waals surface area contributed by atoms with E-state index in [1.54, 1.807) is 0 Å². The maximum atomic E-state index is 4.64. The summed E-state index contributed by atoms with van der Waals surface area (Å²) < 4.78 is 4.95. The summed E-state index contributed by atoms with van der Waals surface area (Å²) in [5.41, 5.74) is 0. The topological polar surface area (TPSA) is 9.23 Å². The van der Waals surface area contributed by atoms with Gasteiger partial charge >= 0.3 is 0 Å². The molecule has 0 spiro atoms. The van der Waals surface area contributed by atoms with Gasteiger partial charge in [0.05, 0.1) is 6.61 Å². The van der Waals surface area contributed by atoms with Crippen LogP contribution in [0.5, 0.6) is 0 Å². The quantitative estimate of drug-likeness (QED) is 0.481. The van der Waals surface area contributed by atoms with Gasteiger partial charge in [0.2, 0.25) is 4.38 Å². The van der Waals surface area contributed by atoms with Crippen molar-refractivity contribution in [3.63, 3.8) is 0 Å². The summed E-state index contributed by atoms with van der Waals surface area (Å²) in [5.74, 6) is 0. The Bertz CT molecular complexity index is 56.9. The Hall–Kier alpha value is 0.746. The molecule has 7 heavy (non-hydrogen) atoms. The molecule has 0 saturated heterocycles. The summed E-state index contributed by atoms with van der Waals surface area (Å²) in [6.07, 6.45) is 0. The van der Waals surface area contributed by atoms with Crippen LogP contribution in [0.15, 0.2) is 0 Å². The molecule has 0 aliphatic carbocycles. The fourth-order valence-electron chi connectivity index (χ4n) is 0.123. The number of rotatable bonds is 1. The van der Waals surface area contributed by atoms with Gasteiger partial charge in [-0.05, 0) is 19.1 Å². The van der Waals surface area contributed by atoms with Crippen molar-refractivity contribution in [3.8, 4) is 0 Å². The molecular formula is C3H6CoOS2. The van der Waals surface area contributed by atoms with E-state index in [1.165, 1.54) is 0 Å². The Morgan fingerprint density at radius 2 is 2.29 bits per heavy atom. The molecule has 0 aromatic carbocycles. The van der Waals surface area contributed by atoms with E-state index in [1.807, 2.05) is 6.92 Å².